The van der Waals surface area contributed by atoms with E-state index in [2.05, 4.69) is 5.32 Å². The van der Waals surface area contributed by atoms with Crippen LogP contribution in [0.4, 0.5) is 4.79 Å². The number of carboxylic acid groups (broad SMARTS) is 1. The van der Waals surface area contributed by atoms with Crippen molar-refractivity contribution in [1.29, 1.82) is 0 Å². The summed E-state index contributed by atoms with van der Waals surface area (Å²) in [6.45, 7) is 3.27. The standard InChI is InChI=1S/C16H28N2O3/c1-12-8-10-18(14(11-12)15(19)20)16(21)17-9-7-13-5-3-2-4-6-13/h12-14H,2-11H2,1H3,(H,17,21)(H,19,20). The van der Waals surface area contributed by atoms with Crippen molar-refractivity contribution in [1.82, 2.24) is 10.2 Å². The minimum absolute atomic E-state index is 0.204. The maximum absolute atomic E-state index is 12.2. The van der Waals surface area contributed by atoms with Crippen molar-refractivity contribution in [2.75, 3.05) is 13.1 Å². The van der Waals surface area contributed by atoms with E-state index < -0.39 is 12.0 Å². The molecule has 2 atom stereocenters. The summed E-state index contributed by atoms with van der Waals surface area (Å²) < 4.78 is 0. The molecule has 5 heteroatoms. The molecular formula is C16H28N2O3. The Kier molecular flexibility index (Phi) is 5.88. The molecule has 120 valence electrons. The number of hydrogen-bond donors (Lipinski definition) is 2. The van der Waals surface area contributed by atoms with E-state index in [-0.39, 0.29) is 6.03 Å². The van der Waals surface area contributed by atoms with Crippen LogP contribution in [0.5, 0.6) is 0 Å². The predicted molar refractivity (Wildman–Crippen MR) is 81.1 cm³/mol. The first-order valence-corrected chi connectivity index (χ1v) is 8.35. The van der Waals surface area contributed by atoms with Gasteiger partial charge in [-0.3, -0.25) is 0 Å². The second kappa shape index (κ2) is 7.66. The minimum atomic E-state index is -0.885. The van der Waals surface area contributed by atoms with Crippen LogP contribution in [0.25, 0.3) is 0 Å². The van der Waals surface area contributed by atoms with Gasteiger partial charge in [-0.1, -0.05) is 39.0 Å². The lowest BCUT2D eigenvalue weighted by Gasteiger charge is -2.36. The van der Waals surface area contributed by atoms with Gasteiger partial charge in [0.1, 0.15) is 6.04 Å². The molecule has 2 unspecified atom stereocenters. The van der Waals surface area contributed by atoms with Gasteiger partial charge in [0, 0.05) is 13.1 Å². The van der Waals surface area contributed by atoms with E-state index in [1.807, 2.05) is 6.92 Å². The third-order valence-electron chi connectivity index (χ3n) is 4.96. The Morgan fingerprint density at radius 1 is 1.19 bits per heavy atom. The number of carbonyl (C=O) groups is 2. The van der Waals surface area contributed by atoms with Crippen molar-refractivity contribution in [3.8, 4) is 0 Å². The Morgan fingerprint density at radius 3 is 2.57 bits per heavy atom. The van der Waals surface area contributed by atoms with Crippen molar-refractivity contribution < 1.29 is 14.7 Å². The SMILES string of the molecule is CC1CCN(C(=O)NCCC2CCCCC2)C(C(=O)O)C1. The van der Waals surface area contributed by atoms with Gasteiger partial charge in [-0.25, -0.2) is 9.59 Å². The van der Waals surface area contributed by atoms with Crippen molar-refractivity contribution in [3.05, 3.63) is 0 Å². The topological polar surface area (TPSA) is 69.6 Å². The molecular weight excluding hydrogens is 268 g/mol. The highest BCUT2D eigenvalue weighted by atomic mass is 16.4. The molecule has 2 N–H and O–H groups in total. The molecule has 2 rings (SSSR count). The summed E-state index contributed by atoms with van der Waals surface area (Å²) >= 11 is 0. The van der Waals surface area contributed by atoms with Crippen LogP contribution < -0.4 is 5.32 Å². The van der Waals surface area contributed by atoms with E-state index in [9.17, 15) is 14.7 Å². The minimum Gasteiger partial charge on any atom is -0.480 e. The Labute approximate surface area is 127 Å². The monoisotopic (exact) mass is 296 g/mol. The molecule has 1 aliphatic heterocycles. The number of aliphatic carboxylic acids is 1. The number of hydrogen-bond acceptors (Lipinski definition) is 2. The number of likely N-dealkylation sites (tertiary alicyclic amines) is 1. The normalized spacial score (nSPS) is 27.4. The van der Waals surface area contributed by atoms with Gasteiger partial charge in [0.15, 0.2) is 0 Å². The van der Waals surface area contributed by atoms with Crippen LogP contribution in [0.2, 0.25) is 0 Å². The fraction of sp³-hybridized carbons (Fsp3) is 0.875. The molecule has 2 amide bonds. The van der Waals surface area contributed by atoms with Gasteiger partial charge in [0.25, 0.3) is 0 Å². The number of nitrogens with one attached hydrogen (secondary N) is 1. The smallest absolute Gasteiger partial charge is 0.326 e. The molecule has 1 saturated carbocycles. The van der Waals surface area contributed by atoms with E-state index in [4.69, 9.17) is 0 Å². The second-order valence-corrected chi connectivity index (χ2v) is 6.70. The summed E-state index contributed by atoms with van der Waals surface area (Å²) in [5, 5.41) is 12.2. The van der Waals surface area contributed by atoms with Gasteiger partial charge in [0.2, 0.25) is 0 Å². The molecule has 0 aromatic rings. The molecule has 0 aromatic carbocycles. The average Bonchev–Trinajstić information content (AvgIpc) is 2.48. The van der Waals surface area contributed by atoms with Crippen LogP contribution >= 0.6 is 0 Å². The highest BCUT2D eigenvalue weighted by Gasteiger charge is 2.34. The maximum atomic E-state index is 12.2. The van der Waals surface area contributed by atoms with Crippen LogP contribution in [-0.4, -0.2) is 41.1 Å². The molecule has 0 bridgehead atoms. The van der Waals surface area contributed by atoms with E-state index >= 15 is 0 Å². The predicted octanol–water partition coefficient (Wildman–Crippen LogP) is 2.85. The highest BCUT2D eigenvalue weighted by Crippen LogP contribution is 2.26. The Balaban J connectivity index is 1.77. The van der Waals surface area contributed by atoms with Gasteiger partial charge in [-0.05, 0) is 31.1 Å². The van der Waals surface area contributed by atoms with E-state index in [0.29, 0.717) is 25.4 Å². The number of carbonyl (C=O) groups excluding carboxylic acids is 1. The number of urea groups is 1. The lowest BCUT2D eigenvalue weighted by Crippen LogP contribution is -2.53. The van der Waals surface area contributed by atoms with Crippen molar-refractivity contribution in [2.45, 2.75) is 64.3 Å². The molecule has 0 aromatic heterocycles. The quantitative estimate of drug-likeness (QED) is 0.838. The third kappa shape index (κ3) is 4.61. The first kappa shape index (κ1) is 16.1. The van der Waals surface area contributed by atoms with Gasteiger partial charge in [0.05, 0.1) is 0 Å². The van der Waals surface area contributed by atoms with Gasteiger partial charge in [-0.15, -0.1) is 0 Å². The third-order valence-corrected chi connectivity index (χ3v) is 4.96. The van der Waals surface area contributed by atoms with Crippen molar-refractivity contribution in [2.24, 2.45) is 11.8 Å². The summed E-state index contributed by atoms with van der Waals surface area (Å²) in [4.78, 5) is 25.0. The largest absolute Gasteiger partial charge is 0.480 e. The van der Waals surface area contributed by atoms with E-state index in [1.54, 1.807) is 0 Å². The zero-order valence-corrected chi connectivity index (χ0v) is 13.0. The van der Waals surface area contributed by atoms with Crippen LogP contribution in [0.15, 0.2) is 0 Å². The number of piperidine rings is 1. The number of amides is 2. The van der Waals surface area contributed by atoms with Gasteiger partial charge in [-0.2, -0.15) is 0 Å². The highest BCUT2D eigenvalue weighted by molar-refractivity contribution is 5.82. The molecule has 2 aliphatic rings. The summed E-state index contributed by atoms with van der Waals surface area (Å²) in [6.07, 6.45) is 8.98. The summed E-state index contributed by atoms with van der Waals surface area (Å²) in [5.41, 5.74) is 0. The number of nitrogens with zero attached hydrogens (tertiary/aromatic N) is 1. The van der Waals surface area contributed by atoms with Crippen molar-refractivity contribution >= 4 is 12.0 Å². The van der Waals surface area contributed by atoms with Gasteiger partial charge < -0.3 is 15.3 Å². The zero-order chi connectivity index (χ0) is 15.2. The molecule has 1 saturated heterocycles. The molecule has 2 fully saturated rings. The lowest BCUT2D eigenvalue weighted by atomic mass is 9.87. The number of rotatable bonds is 4. The molecule has 21 heavy (non-hydrogen) atoms. The molecule has 5 nitrogen and oxygen atoms in total. The van der Waals surface area contributed by atoms with Crippen LogP contribution in [0, 0.1) is 11.8 Å². The van der Waals surface area contributed by atoms with E-state index in [0.717, 1.165) is 18.8 Å². The first-order chi connectivity index (χ1) is 10.1. The Hall–Kier alpha value is -1.26. The van der Waals surface area contributed by atoms with Gasteiger partial charge >= 0.3 is 12.0 Å². The van der Waals surface area contributed by atoms with Crippen LogP contribution in [-0.2, 0) is 4.79 Å². The summed E-state index contributed by atoms with van der Waals surface area (Å²) in [6, 6.07) is -0.867. The lowest BCUT2D eigenvalue weighted by molar-refractivity contribution is -0.143. The fourth-order valence-corrected chi connectivity index (χ4v) is 3.58. The molecule has 0 spiro atoms. The maximum Gasteiger partial charge on any atom is 0.326 e. The van der Waals surface area contributed by atoms with Crippen LogP contribution in [0.1, 0.15) is 58.3 Å². The first-order valence-electron chi connectivity index (χ1n) is 8.35. The second-order valence-electron chi connectivity index (χ2n) is 6.70. The molecule has 0 radical (unpaired) electrons. The molecule has 1 aliphatic carbocycles. The van der Waals surface area contributed by atoms with E-state index in [1.165, 1.54) is 37.0 Å². The summed E-state index contributed by atoms with van der Waals surface area (Å²) in [5.74, 6) is 0.220. The van der Waals surface area contributed by atoms with Crippen LogP contribution in [0.3, 0.4) is 0 Å². The zero-order valence-electron chi connectivity index (χ0n) is 13.0. The summed E-state index contributed by atoms with van der Waals surface area (Å²) in [7, 11) is 0. The number of carboxylic acids is 1. The fourth-order valence-electron chi connectivity index (χ4n) is 3.58. The average molecular weight is 296 g/mol. The molecule has 1 heterocycles. The Morgan fingerprint density at radius 2 is 1.90 bits per heavy atom. The Bertz CT molecular complexity index is 367. The van der Waals surface area contributed by atoms with Crippen molar-refractivity contribution in [3.63, 3.8) is 0 Å².